The summed E-state index contributed by atoms with van der Waals surface area (Å²) in [6.45, 7) is 4.68. The molecule has 0 saturated heterocycles. The van der Waals surface area contributed by atoms with Crippen molar-refractivity contribution in [1.29, 1.82) is 0 Å². The topological polar surface area (TPSA) is 64.6 Å². The largest absolute Gasteiger partial charge is 0.494 e. The smallest absolute Gasteiger partial charge is 0.341 e. The molecule has 0 atom stereocenters. The Hall–Kier alpha value is -2.83. The van der Waals surface area contributed by atoms with Gasteiger partial charge in [-0.25, -0.2) is 4.79 Å². The summed E-state index contributed by atoms with van der Waals surface area (Å²) < 4.78 is 10.9. The first-order chi connectivity index (χ1) is 14.5. The molecule has 2 aromatic carbocycles. The number of benzene rings is 2. The molecular formula is C23H22ClNO4S. The molecule has 3 aromatic rings. The van der Waals surface area contributed by atoms with E-state index in [1.165, 1.54) is 11.3 Å². The molecule has 0 saturated carbocycles. The van der Waals surface area contributed by atoms with Crippen molar-refractivity contribution in [2.45, 2.75) is 20.3 Å². The summed E-state index contributed by atoms with van der Waals surface area (Å²) in [7, 11) is 0. The third kappa shape index (κ3) is 5.20. The van der Waals surface area contributed by atoms with E-state index < -0.39 is 5.97 Å². The predicted octanol–water partition coefficient (Wildman–Crippen LogP) is 6.29. The Labute approximate surface area is 184 Å². The van der Waals surface area contributed by atoms with Gasteiger partial charge in [-0.3, -0.25) is 4.79 Å². The minimum atomic E-state index is -0.480. The standard InChI is InChI=1S/C23H22ClNO4S/c1-3-13-29-18-11-7-15(8-12-18)19-14-30-22(20(19)23(27)28-4-2)25-21(26)16-5-9-17(24)10-6-16/h5-12,14H,3-4,13H2,1-2H3,(H,25,26). The number of carbonyl (C=O) groups excluding carboxylic acids is 2. The summed E-state index contributed by atoms with van der Waals surface area (Å²) in [6.07, 6.45) is 0.927. The summed E-state index contributed by atoms with van der Waals surface area (Å²) in [5.41, 5.74) is 2.32. The molecule has 30 heavy (non-hydrogen) atoms. The number of esters is 1. The molecule has 0 unspecified atom stereocenters. The zero-order valence-corrected chi connectivity index (χ0v) is 18.3. The Balaban J connectivity index is 1.91. The zero-order chi connectivity index (χ0) is 21.5. The third-order valence-electron chi connectivity index (χ3n) is 4.24. The van der Waals surface area contributed by atoms with Gasteiger partial charge in [0, 0.05) is 21.5 Å². The average molecular weight is 444 g/mol. The molecular weight excluding hydrogens is 422 g/mol. The molecule has 1 heterocycles. The lowest BCUT2D eigenvalue weighted by molar-refractivity contribution is 0.0529. The molecule has 1 aromatic heterocycles. The molecule has 0 radical (unpaired) electrons. The highest BCUT2D eigenvalue weighted by atomic mass is 35.5. The van der Waals surface area contributed by atoms with Gasteiger partial charge >= 0.3 is 5.97 Å². The summed E-state index contributed by atoms with van der Waals surface area (Å²) in [6, 6.07) is 14.1. The molecule has 7 heteroatoms. The van der Waals surface area contributed by atoms with E-state index in [4.69, 9.17) is 21.1 Å². The monoisotopic (exact) mass is 443 g/mol. The molecule has 3 rings (SSSR count). The van der Waals surface area contributed by atoms with Crippen LogP contribution in [0.5, 0.6) is 5.75 Å². The van der Waals surface area contributed by atoms with Crippen LogP contribution in [0.1, 0.15) is 41.0 Å². The maximum absolute atomic E-state index is 12.7. The second-order valence-corrected chi connectivity index (χ2v) is 7.72. The lowest BCUT2D eigenvalue weighted by Crippen LogP contribution is -2.14. The van der Waals surface area contributed by atoms with Crippen LogP contribution in [0.2, 0.25) is 5.02 Å². The van der Waals surface area contributed by atoms with Crippen LogP contribution < -0.4 is 10.1 Å². The number of nitrogens with one attached hydrogen (secondary N) is 1. The van der Waals surface area contributed by atoms with E-state index in [1.54, 1.807) is 31.2 Å². The van der Waals surface area contributed by atoms with Crippen LogP contribution in [0.15, 0.2) is 53.9 Å². The highest BCUT2D eigenvalue weighted by Crippen LogP contribution is 2.37. The van der Waals surface area contributed by atoms with Crippen molar-refractivity contribution in [3.63, 3.8) is 0 Å². The Morgan fingerprint density at radius 1 is 1.03 bits per heavy atom. The highest BCUT2D eigenvalue weighted by Gasteiger charge is 2.23. The van der Waals surface area contributed by atoms with Crippen molar-refractivity contribution in [3.8, 4) is 16.9 Å². The first kappa shape index (κ1) is 21.9. The first-order valence-corrected chi connectivity index (χ1v) is 10.9. The van der Waals surface area contributed by atoms with Gasteiger partial charge in [-0.15, -0.1) is 11.3 Å². The second kappa shape index (κ2) is 10.3. The molecule has 0 aliphatic rings. The SMILES string of the molecule is CCCOc1ccc(-c2csc(NC(=O)c3ccc(Cl)cc3)c2C(=O)OCC)cc1. The minimum absolute atomic E-state index is 0.239. The number of hydrogen-bond donors (Lipinski definition) is 1. The third-order valence-corrected chi connectivity index (χ3v) is 5.39. The van der Waals surface area contributed by atoms with Gasteiger partial charge in [0.05, 0.1) is 13.2 Å². The van der Waals surface area contributed by atoms with Gasteiger partial charge < -0.3 is 14.8 Å². The van der Waals surface area contributed by atoms with Crippen molar-refractivity contribution >= 4 is 39.8 Å². The molecule has 1 N–H and O–H groups in total. The van der Waals surface area contributed by atoms with Crippen molar-refractivity contribution in [2.75, 3.05) is 18.5 Å². The van der Waals surface area contributed by atoms with Crippen LogP contribution in [-0.2, 0) is 4.74 Å². The van der Waals surface area contributed by atoms with E-state index in [2.05, 4.69) is 5.32 Å². The van der Waals surface area contributed by atoms with Gasteiger partial charge in [0.25, 0.3) is 5.91 Å². The molecule has 5 nitrogen and oxygen atoms in total. The summed E-state index contributed by atoms with van der Waals surface area (Å²) >= 11 is 7.17. The van der Waals surface area contributed by atoms with Gasteiger partial charge in [-0.1, -0.05) is 30.7 Å². The molecule has 0 bridgehead atoms. The minimum Gasteiger partial charge on any atom is -0.494 e. The lowest BCUT2D eigenvalue weighted by atomic mass is 10.0. The van der Waals surface area contributed by atoms with Gasteiger partial charge in [-0.05, 0) is 55.3 Å². The molecule has 0 fully saturated rings. The Morgan fingerprint density at radius 3 is 2.37 bits per heavy atom. The van der Waals surface area contributed by atoms with Crippen LogP contribution in [0.3, 0.4) is 0 Å². The molecule has 0 aliphatic carbocycles. The lowest BCUT2D eigenvalue weighted by Gasteiger charge is -2.10. The van der Waals surface area contributed by atoms with Crippen molar-refractivity contribution in [2.24, 2.45) is 0 Å². The molecule has 156 valence electrons. The maximum Gasteiger partial charge on any atom is 0.341 e. The van der Waals surface area contributed by atoms with E-state index in [1.807, 2.05) is 36.6 Å². The van der Waals surface area contributed by atoms with E-state index in [9.17, 15) is 9.59 Å². The Kier molecular flexibility index (Phi) is 7.49. The van der Waals surface area contributed by atoms with Crippen LogP contribution in [-0.4, -0.2) is 25.1 Å². The summed E-state index contributed by atoms with van der Waals surface area (Å²) in [5.74, 6) is -0.0369. The van der Waals surface area contributed by atoms with E-state index in [0.29, 0.717) is 33.3 Å². The van der Waals surface area contributed by atoms with Gasteiger partial charge in [-0.2, -0.15) is 0 Å². The summed E-state index contributed by atoms with van der Waals surface area (Å²) in [4.78, 5) is 25.3. The molecule has 0 spiro atoms. The predicted molar refractivity (Wildman–Crippen MR) is 121 cm³/mol. The molecule has 1 amide bonds. The van der Waals surface area contributed by atoms with E-state index in [-0.39, 0.29) is 12.5 Å². The number of rotatable bonds is 8. The van der Waals surface area contributed by atoms with Crippen LogP contribution >= 0.6 is 22.9 Å². The quantitative estimate of drug-likeness (QED) is 0.416. The number of ether oxygens (including phenoxy) is 2. The van der Waals surface area contributed by atoms with Gasteiger partial charge in [0.2, 0.25) is 0 Å². The van der Waals surface area contributed by atoms with Gasteiger partial charge in [0.1, 0.15) is 16.3 Å². The molecule has 0 aliphatic heterocycles. The van der Waals surface area contributed by atoms with Crippen LogP contribution in [0.4, 0.5) is 5.00 Å². The van der Waals surface area contributed by atoms with Gasteiger partial charge in [0.15, 0.2) is 0 Å². The number of hydrogen-bond acceptors (Lipinski definition) is 5. The zero-order valence-electron chi connectivity index (χ0n) is 16.7. The second-order valence-electron chi connectivity index (χ2n) is 6.41. The highest BCUT2D eigenvalue weighted by molar-refractivity contribution is 7.15. The number of amides is 1. The van der Waals surface area contributed by atoms with E-state index >= 15 is 0 Å². The van der Waals surface area contributed by atoms with Crippen LogP contribution in [0, 0.1) is 0 Å². The average Bonchev–Trinajstić information content (AvgIpc) is 3.16. The number of halogens is 1. The van der Waals surface area contributed by atoms with Crippen LogP contribution in [0.25, 0.3) is 11.1 Å². The number of carbonyl (C=O) groups is 2. The fourth-order valence-corrected chi connectivity index (χ4v) is 3.87. The fourth-order valence-electron chi connectivity index (χ4n) is 2.80. The first-order valence-electron chi connectivity index (χ1n) is 9.62. The van der Waals surface area contributed by atoms with Crippen molar-refractivity contribution < 1.29 is 19.1 Å². The number of thiophene rings is 1. The summed E-state index contributed by atoms with van der Waals surface area (Å²) in [5, 5.41) is 5.65. The normalized spacial score (nSPS) is 10.5. The Morgan fingerprint density at radius 2 is 1.73 bits per heavy atom. The number of anilines is 1. The Bertz CT molecular complexity index is 1010. The van der Waals surface area contributed by atoms with Crippen molar-refractivity contribution in [1.82, 2.24) is 0 Å². The maximum atomic E-state index is 12.7. The van der Waals surface area contributed by atoms with Crippen molar-refractivity contribution in [3.05, 3.63) is 70.1 Å². The van der Waals surface area contributed by atoms with E-state index in [0.717, 1.165) is 17.7 Å². The fraction of sp³-hybridized carbons (Fsp3) is 0.217.